The van der Waals surface area contributed by atoms with Gasteiger partial charge >= 0.3 is 5.97 Å². The Morgan fingerprint density at radius 2 is 1.46 bits per heavy atom. The van der Waals surface area contributed by atoms with Crippen molar-refractivity contribution in [2.24, 2.45) is 9.98 Å². The van der Waals surface area contributed by atoms with Gasteiger partial charge in [-0.05, 0) is 35.4 Å². The van der Waals surface area contributed by atoms with E-state index in [2.05, 4.69) is 28.1 Å². The normalized spacial score (nSPS) is 10.3. The summed E-state index contributed by atoms with van der Waals surface area (Å²) in [5.41, 5.74) is 4.31. The number of nitrogens with zero attached hydrogens (tertiary/aromatic N) is 2. The standard InChI is InChI=1S/C22H16N2O2/c25-22(26)15-12-19-8-4-5-9-21(19)24-16-23-20-13-10-18(11-14-20)17-6-2-1-3-7-17/h1-15H,(H,25,26). The van der Waals surface area contributed by atoms with Crippen molar-refractivity contribution in [1.29, 1.82) is 0 Å². The highest BCUT2D eigenvalue weighted by Gasteiger charge is 1.98. The first kappa shape index (κ1) is 17.1. The summed E-state index contributed by atoms with van der Waals surface area (Å²) in [5.74, 6) is -1.00. The maximum Gasteiger partial charge on any atom is 0.328 e. The van der Waals surface area contributed by atoms with Gasteiger partial charge in [-0.1, -0.05) is 60.7 Å². The van der Waals surface area contributed by atoms with Gasteiger partial charge < -0.3 is 5.11 Å². The van der Waals surface area contributed by atoms with Crippen LogP contribution in [0.1, 0.15) is 5.56 Å². The molecule has 0 saturated heterocycles. The van der Waals surface area contributed by atoms with Gasteiger partial charge in [-0.15, -0.1) is 0 Å². The maximum absolute atomic E-state index is 10.7. The molecule has 3 rings (SSSR count). The Labute approximate surface area is 151 Å². The minimum atomic E-state index is -1.00. The van der Waals surface area contributed by atoms with Crippen LogP contribution in [0.4, 0.5) is 11.4 Å². The fraction of sp³-hybridized carbons (Fsp3) is 0. The fourth-order valence-corrected chi connectivity index (χ4v) is 2.39. The molecular weight excluding hydrogens is 324 g/mol. The van der Waals surface area contributed by atoms with Gasteiger partial charge in [-0.25, -0.2) is 4.79 Å². The van der Waals surface area contributed by atoms with Gasteiger partial charge in [0.25, 0.3) is 0 Å². The Morgan fingerprint density at radius 3 is 2.19 bits per heavy atom. The number of rotatable bonds is 5. The molecule has 0 fully saturated rings. The number of para-hydroxylation sites is 1. The fourth-order valence-electron chi connectivity index (χ4n) is 2.39. The summed E-state index contributed by atoms with van der Waals surface area (Å²) in [5, 5.41) is 8.74. The molecule has 4 nitrogen and oxygen atoms in total. The Bertz CT molecular complexity index is 984. The third-order valence-corrected chi connectivity index (χ3v) is 3.67. The van der Waals surface area contributed by atoms with Crippen LogP contribution in [0, 0.1) is 0 Å². The van der Waals surface area contributed by atoms with Gasteiger partial charge in [0.05, 0.1) is 11.4 Å². The summed E-state index contributed by atoms with van der Waals surface area (Å²) < 4.78 is 0. The smallest absolute Gasteiger partial charge is 0.328 e. The van der Waals surface area contributed by atoms with E-state index in [0.29, 0.717) is 11.3 Å². The Hall–Kier alpha value is -3.75. The van der Waals surface area contributed by atoms with Crippen LogP contribution >= 0.6 is 0 Å². The largest absolute Gasteiger partial charge is 0.478 e. The van der Waals surface area contributed by atoms with Crippen molar-refractivity contribution in [2.45, 2.75) is 0 Å². The quantitative estimate of drug-likeness (QED) is 0.486. The molecular formula is C22H16N2O2. The zero-order valence-electron chi connectivity index (χ0n) is 13.9. The molecule has 0 aliphatic heterocycles. The van der Waals surface area contributed by atoms with Gasteiger partial charge in [-0.3, -0.25) is 0 Å². The molecule has 3 aromatic rings. The third kappa shape index (κ3) is 4.63. The van der Waals surface area contributed by atoms with Crippen molar-refractivity contribution in [3.8, 4) is 11.1 Å². The number of aliphatic carboxylic acids is 1. The third-order valence-electron chi connectivity index (χ3n) is 3.67. The van der Waals surface area contributed by atoms with Gasteiger partial charge in [0.15, 0.2) is 0 Å². The zero-order valence-corrected chi connectivity index (χ0v) is 13.9. The van der Waals surface area contributed by atoms with E-state index in [1.54, 1.807) is 12.1 Å². The molecule has 126 valence electrons. The van der Waals surface area contributed by atoms with E-state index in [0.717, 1.165) is 22.9 Å². The summed E-state index contributed by atoms with van der Waals surface area (Å²) in [4.78, 5) is 19.1. The number of hydrogen-bond donors (Lipinski definition) is 1. The van der Waals surface area contributed by atoms with Gasteiger partial charge in [-0.2, -0.15) is 9.98 Å². The Balaban J connectivity index is 1.79. The number of carbonyl (C=O) groups is 1. The average Bonchev–Trinajstić information content (AvgIpc) is 2.68. The molecule has 0 aliphatic rings. The van der Waals surface area contributed by atoms with Crippen molar-refractivity contribution in [2.75, 3.05) is 0 Å². The Morgan fingerprint density at radius 1 is 0.808 bits per heavy atom. The van der Waals surface area contributed by atoms with E-state index in [9.17, 15) is 4.79 Å². The molecule has 0 atom stereocenters. The van der Waals surface area contributed by atoms with Crippen LogP contribution in [-0.4, -0.2) is 17.1 Å². The summed E-state index contributed by atoms with van der Waals surface area (Å²) in [6, 6.07) is 27.8. The Kier molecular flexibility index (Phi) is 5.51. The van der Waals surface area contributed by atoms with Gasteiger partial charge in [0.2, 0.25) is 0 Å². The molecule has 0 aliphatic carbocycles. The average molecular weight is 340 g/mol. The van der Waals surface area contributed by atoms with Crippen molar-refractivity contribution in [3.63, 3.8) is 0 Å². The van der Waals surface area contributed by atoms with Crippen LogP contribution in [0.25, 0.3) is 17.2 Å². The second-order valence-electron chi connectivity index (χ2n) is 5.47. The SMILES string of the molecule is O=C(O)C=Cc1ccccc1N=C=Nc1ccc(-c2ccccc2)cc1. The molecule has 0 amide bonds. The van der Waals surface area contributed by atoms with E-state index >= 15 is 0 Å². The lowest BCUT2D eigenvalue weighted by molar-refractivity contribution is -0.131. The summed E-state index contributed by atoms with van der Waals surface area (Å²) in [6.07, 6.45) is 2.57. The van der Waals surface area contributed by atoms with E-state index in [4.69, 9.17) is 5.11 Å². The van der Waals surface area contributed by atoms with Crippen LogP contribution in [0.3, 0.4) is 0 Å². The second kappa shape index (κ2) is 8.38. The first-order valence-electron chi connectivity index (χ1n) is 8.04. The minimum Gasteiger partial charge on any atom is -0.478 e. The first-order valence-corrected chi connectivity index (χ1v) is 8.04. The molecule has 3 aromatic carbocycles. The van der Waals surface area contributed by atoms with Crippen LogP contribution in [-0.2, 0) is 4.79 Å². The minimum absolute atomic E-state index is 0.606. The predicted octanol–water partition coefficient (Wildman–Crippen LogP) is 5.59. The van der Waals surface area contributed by atoms with Crippen molar-refractivity contribution in [3.05, 3.63) is 90.5 Å². The zero-order chi connectivity index (χ0) is 18.2. The number of aliphatic imine (C=N–C) groups is 2. The first-order chi connectivity index (χ1) is 12.7. The van der Waals surface area contributed by atoms with Gasteiger partial charge in [0.1, 0.15) is 6.01 Å². The molecule has 0 spiro atoms. The van der Waals surface area contributed by atoms with Crippen molar-refractivity contribution >= 4 is 29.4 Å². The summed E-state index contributed by atoms with van der Waals surface area (Å²) >= 11 is 0. The van der Waals surface area contributed by atoms with E-state index in [1.807, 2.05) is 54.6 Å². The van der Waals surface area contributed by atoms with Crippen molar-refractivity contribution < 1.29 is 9.90 Å². The highest BCUT2D eigenvalue weighted by molar-refractivity contribution is 5.86. The molecule has 0 saturated carbocycles. The maximum atomic E-state index is 10.7. The summed E-state index contributed by atoms with van der Waals surface area (Å²) in [6.45, 7) is 0. The highest BCUT2D eigenvalue weighted by Crippen LogP contribution is 2.22. The number of carboxylic acids is 1. The molecule has 0 aromatic heterocycles. The molecule has 0 bridgehead atoms. The van der Waals surface area contributed by atoms with Crippen LogP contribution in [0.15, 0.2) is 94.9 Å². The predicted molar refractivity (Wildman–Crippen MR) is 104 cm³/mol. The molecule has 0 radical (unpaired) electrons. The van der Waals surface area contributed by atoms with E-state index < -0.39 is 5.97 Å². The lowest BCUT2D eigenvalue weighted by atomic mass is 10.1. The molecule has 1 N–H and O–H groups in total. The van der Waals surface area contributed by atoms with Crippen LogP contribution in [0.2, 0.25) is 0 Å². The molecule has 4 heteroatoms. The molecule has 26 heavy (non-hydrogen) atoms. The lowest BCUT2D eigenvalue weighted by Gasteiger charge is -2.00. The molecule has 0 unspecified atom stereocenters. The summed E-state index contributed by atoms with van der Waals surface area (Å²) in [7, 11) is 0. The monoisotopic (exact) mass is 340 g/mol. The van der Waals surface area contributed by atoms with Crippen LogP contribution in [0.5, 0.6) is 0 Å². The van der Waals surface area contributed by atoms with Crippen LogP contribution < -0.4 is 0 Å². The highest BCUT2D eigenvalue weighted by atomic mass is 16.4. The lowest BCUT2D eigenvalue weighted by Crippen LogP contribution is -1.85. The van der Waals surface area contributed by atoms with Gasteiger partial charge in [0, 0.05) is 11.6 Å². The second-order valence-corrected chi connectivity index (χ2v) is 5.47. The molecule has 0 heterocycles. The number of carboxylic acid groups (broad SMARTS) is 1. The van der Waals surface area contributed by atoms with E-state index in [1.165, 1.54) is 6.08 Å². The van der Waals surface area contributed by atoms with Crippen molar-refractivity contribution in [1.82, 2.24) is 0 Å². The van der Waals surface area contributed by atoms with E-state index in [-0.39, 0.29) is 0 Å². The topological polar surface area (TPSA) is 62.0 Å². The number of benzene rings is 3. The number of hydrogen-bond acceptors (Lipinski definition) is 3.